The van der Waals surface area contributed by atoms with Crippen molar-refractivity contribution in [3.8, 4) is 28.4 Å². The van der Waals surface area contributed by atoms with Crippen LogP contribution in [0.25, 0.3) is 38.8 Å². The summed E-state index contributed by atoms with van der Waals surface area (Å²) in [6.07, 6.45) is 6.12. The van der Waals surface area contributed by atoms with Gasteiger partial charge in [-0.05, 0) is 110 Å². The number of hydrogen-bond donors (Lipinski definition) is 0. The standard InChI is InChI=1S/C55H59N4O.Pt/c1-35(2)39-27-48(36(3)4)53(49(28-39)37(5)6)38-16-15-17-42(26-38)57-24-25-58(34-57)43-29-41(55(10,11)12)30-45(32-43)60-44-20-21-47-46-18-13-14-19-50(46)59(51(47)33-44)52-31-40(22-23-56-52)54(7,8)9;/h13-31,34-37H,1-12H3;/q-3;. The third-order valence-electron chi connectivity index (χ3n) is 11.8. The second-order valence-electron chi connectivity index (χ2n) is 19.4. The van der Waals surface area contributed by atoms with Crippen molar-refractivity contribution in [3.05, 3.63) is 162 Å². The largest absolute Gasteiger partial charge is 0.509 e. The van der Waals surface area contributed by atoms with Gasteiger partial charge >= 0.3 is 0 Å². The SMILES string of the molecule is CC(C)c1cc(C(C)C)c(-c2cccc(N3C=CN(c4[c-]c(Oc5[c-]c6c(cc5)c5ccccc5n6-c5cc(C(C)(C)C)ccn5)cc(C(C)(C)C)c4)[CH-]3)c2)c(C(C)C)c1.[Pt]. The molecule has 0 bridgehead atoms. The number of anilines is 2. The van der Waals surface area contributed by atoms with E-state index < -0.39 is 0 Å². The molecular formula is C55H59N4OPt-3. The van der Waals surface area contributed by atoms with E-state index >= 15 is 0 Å². The van der Waals surface area contributed by atoms with Crippen LogP contribution >= 0.6 is 0 Å². The molecule has 0 aliphatic carbocycles. The summed E-state index contributed by atoms with van der Waals surface area (Å²) in [6, 6.07) is 42.3. The molecule has 1 aliphatic rings. The van der Waals surface area contributed by atoms with Crippen LogP contribution in [-0.4, -0.2) is 9.55 Å². The summed E-state index contributed by atoms with van der Waals surface area (Å²) >= 11 is 0. The summed E-state index contributed by atoms with van der Waals surface area (Å²) in [5, 5.41) is 2.25. The third-order valence-corrected chi connectivity index (χ3v) is 11.8. The summed E-state index contributed by atoms with van der Waals surface area (Å²) in [7, 11) is 0. The molecule has 0 radical (unpaired) electrons. The number of nitrogens with zero attached hydrogens (tertiary/aromatic N) is 4. The summed E-state index contributed by atoms with van der Waals surface area (Å²) in [5.74, 6) is 3.41. The number of benzene rings is 5. The number of pyridine rings is 1. The number of aromatic nitrogens is 2. The first-order valence-corrected chi connectivity index (χ1v) is 21.5. The molecule has 8 rings (SSSR count). The second-order valence-corrected chi connectivity index (χ2v) is 19.4. The minimum absolute atomic E-state index is 0. The molecule has 2 aromatic heterocycles. The zero-order valence-corrected chi connectivity index (χ0v) is 40.1. The van der Waals surface area contributed by atoms with Gasteiger partial charge < -0.3 is 19.1 Å². The van der Waals surface area contributed by atoms with Crippen molar-refractivity contribution in [2.75, 3.05) is 9.80 Å². The number of ether oxygens (including phenoxy) is 1. The molecule has 0 spiro atoms. The molecule has 0 saturated heterocycles. The quantitative estimate of drug-likeness (QED) is 0.135. The maximum atomic E-state index is 6.72. The molecule has 5 aromatic carbocycles. The molecule has 0 amide bonds. The van der Waals surface area contributed by atoms with Gasteiger partial charge in [0.25, 0.3) is 0 Å². The van der Waals surface area contributed by atoms with Gasteiger partial charge in [0.2, 0.25) is 0 Å². The average Bonchev–Trinajstić information content (AvgIpc) is 3.83. The Kier molecular flexibility index (Phi) is 12.2. The van der Waals surface area contributed by atoms with Crippen LogP contribution in [0.5, 0.6) is 11.5 Å². The van der Waals surface area contributed by atoms with Crippen LogP contribution in [0.15, 0.2) is 116 Å². The number of fused-ring (bicyclic) bond motifs is 3. The van der Waals surface area contributed by atoms with Crippen LogP contribution < -0.4 is 14.5 Å². The zero-order valence-electron chi connectivity index (χ0n) is 37.8. The molecule has 61 heavy (non-hydrogen) atoms. The first kappa shape index (κ1) is 44.0. The van der Waals surface area contributed by atoms with Crippen molar-refractivity contribution >= 4 is 33.2 Å². The van der Waals surface area contributed by atoms with Crippen LogP contribution in [0.1, 0.15) is 129 Å². The Labute approximate surface area is 378 Å². The fourth-order valence-electron chi connectivity index (χ4n) is 8.21. The van der Waals surface area contributed by atoms with E-state index in [1.54, 1.807) is 0 Å². The van der Waals surface area contributed by atoms with Crippen LogP contribution in [0.2, 0.25) is 0 Å². The van der Waals surface area contributed by atoms with Gasteiger partial charge in [0, 0.05) is 50.0 Å². The maximum absolute atomic E-state index is 6.72. The zero-order chi connectivity index (χ0) is 42.7. The fourth-order valence-corrected chi connectivity index (χ4v) is 8.21. The Morgan fingerprint density at radius 2 is 1.31 bits per heavy atom. The van der Waals surface area contributed by atoms with Crippen molar-refractivity contribution in [1.29, 1.82) is 0 Å². The van der Waals surface area contributed by atoms with E-state index in [9.17, 15) is 0 Å². The molecular weight excluding hydrogens is 928 g/mol. The Hall–Kier alpha value is -5.12. The minimum Gasteiger partial charge on any atom is -0.509 e. The first-order chi connectivity index (χ1) is 28.5. The van der Waals surface area contributed by atoms with E-state index in [1.807, 2.05) is 12.3 Å². The van der Waals surface area contributed by atoms with E-state index in [-0.39, 0.29) is 31.9 Å². The Balaban J connectivity index is 0.00000561. The molecule has 0 unspecified atom stereocenters. The molecule has 6 heteroatoms. The maximum Gasteiger partial charge on any atom is 0.135 e. The fraction of sp³-hybridized carbons (Fsp3) is 0.309. The Bertz CT molecular complexity index is 2710. The summed E-state index contributed by atoms with van der Waals surface area (Å²) < 4.78 is 8.93. The first-order valence-electron chi connectivity index (χ1n) is 21.5. The van der Waals surface area contributed by atoms with E-state index in [2.05, 4.69) is 220 Å². The average molecular weight is 987 g/mol. The van der Waals surface area contributed by atoms with Gasteiger partial charge in [-0.2, -0.15) is 6.07 Å². The minimum atomic E-state index is -0.128. The molecule has 0 fully saturated rings. The molecule has 0 N–H and O–H groups in total. The monoisotopic (exact) mass is 986 g/mol. The Morgan fingerprint density at radius 3 is 1.98 bits per heavy atom. The van der Waals surface area contributed by atoms with Crippen molar-refractivity contribution in [2.24, 2.45) is 0 Å². The second kappa shape index (κ2) is 17.0. The summed E-state index contributed by atoms with van der Waals surface area (Å²) in [5.41, 5.74) is 13.1. The summed E-state index contributed by atoms with van der Waals surface area (Å²) in [4.78, 5) is 9.18. The van der Waals surface area contributed by atoms with E-state index in [0.29, 0.717) is 29.3 Å². The smallest absolute Gasteiger partial charge is 0.135 e. The molecule has 0 saturated carbocycles. The van der Waals surface area contributed by atoms with Gasteiger partial charge in [-0.15, -0.1) is 53.6 Å². The van der Waals surface area contributed by atoms with Gasteiger partial charge in [0.05, 0.1) is 0 Å². The Morgan fingerprint density at radius 1 is 0.623 bits per heavy atom. The van der Waals surface area contributed by atoms with E-state index in [0.717, 1.165) is 44.6 Å². The van der Waals surface area contributed by atoms with Crippen LogP contribution in [0, 0.1) is 18.8 Å². The van der Waals surface area contributed by atoms with Gasteiger partial charge in [0.15, 0.2) is 0 Å². The van der Waals surface area contributed by atoms with Gasteiger partial charge in [-0.1, -0.05) is 131 Å². The summed E-state index contributed by atoms with van der Waals surface area (Å²) in [6.45, 7) is 29.4. The van der Waals surface area contributed by atoms with Crippen molar-refractivity contribution in [2.45, 2.75) is 112 Å². The van der Waals surface area contributed by atoms with Crippen LogP contribution in [0.4, 0.5) is 11.4 Å². The molecule has 3 heterocycles. The normalized spacial score (nSPS) is 13.4. The molecule has 5 nitrogen and oxygen atoms in total. The van der Waals surface area contributed by atoms with E-state index in [4.69, 9.17) is 9.72 Å². The predicted molar refractivity (Wildman–Crippen MR) is 253 cm³/mol. The van der Waals surface area contributed by atoms with Gasteiger partial charge in [-0.3, -0.25) is 0 Å². The molecule has 7 aromatic rings. The van der Waals surface area contributed by atoms with Gasteiger partial charge in [0.1, 0.15) is 5.82 Å². The number of hydrogen-bond acceptors (Lipinski definition) is 4. The van der Waals surface area contributed by atoms with E-state index in [1.165, 1.54) is 33.4 Å². The topological polar surface area (TPSA) is 33.5 Å². The van der Waals surface area contributed by atoms with Gasteiger partial charge in [-0.25, -0.2) is 4.98 Å². The van der Waals surface area contributed by atoms with Crippen molar-refractivity contribution in [3.63, 3.8) is 0 Å². The van der Waals surface area contributed by atoms with Crippen molar-refractivity contribution in [1.82, 2.24) is 9.55 Å². The molecule has 1 aliphatic heterocycles. The van der Waals surface area contributed by atoms with Crippen LogP contribution in [-0.2, 0) is 31.9 Å². The predicted octanol–water partition coefficient (Wildman–Crippen LogP) is 15.1. The molecule has 0 atom stereocenters. The van der Waals surface area contributed by atoms with Crippen molar-refractivity contribution < 1.29 is 25.8 Å². The molecule has 318 valence electrons. The number of para-hydroxylation sites is 1. The van der Waals surface area contributed by atoms with Crippen LogP contribution in [0.3, 0.4) is 0 Å². The number of rotatable bonds is 9. The third kappa shape index (κ3) is 8.82.